The quantitative estimate of drug-likeness (QED) is 0.0367. The van der Waals surface area contributed by atoms with Crippen LogP contribution in [0.3, 0.4) is 0 Å². The largest absolute Gasteiger partial charge is 0.477 e. The number of carboxylic acid groups (broad SMARTS) is 1. The number of β-lactam (4-membered cyclic amide) rings is 1. The number of carbonyl (C=O) groups excluding carboxylic acids is 2. The molecule has 2 amide bonds. The zero-order valence-corrected chi connectivity index (χ0v) is 31.4. The maximum Gasteiger partial charge on any atom is 0.407 e. The molecule has 2 aromatic heterocycles. The summed E-state index contributed by atoms with van der Waals surface area (Å²) in [5, 5.41) is 41.5. The van der Waals surface area contributed by atoms with Crippen molar-refractivity contribution >= 4 is 63.5 Å². The lowest BCUT2D eigenvalue weighted by Gasteiger charge is -2.49. The fourth-order valence-corrected chi connectivity index (χ4v) is 9.51. The summed E-state index contributed by atoms with van der Waals surface area (Å²) >= 11 is 3.47. The predicted octanol–water partition coefficient (Wildman–Crippen LogP) is 4.00. The number of thiazole rings is 1. The Morgan fingerprint density at radius 2 is 1.64 bits per heavy atom. The Hall–Kier alpha value is -5.70. The second kappa shape index (κ2) is 17.0. The van der Waals surface area contributed by atoms with Crippen molar-refractivity contribution < 1.29 is 38.2 Å². The molecule has 1 fully saturated rings. The lowest BCUT2D eigenvalue weighted by Crippen LogP contribution is -2.71. The highest BCUT2D eigenvalue weighted by Gasteiger charge is 2.54. The molecule has 0 radical (unpaired) electrons. The molecule has 20 heteroatoms. The average molecular weight is 820 g/mol. The van der Waals surface area contributed by atoms with Crippen molar-refractivity contribution in [2.45, 2.75) is 35.3 Å². The van der Waals surface area contributed by atoms with Crippen molar-refractivity contribution in [1.29, 1.82) is 0 Å². The minimum Gasteiger partial charge on any atom is -0.477 e. The molecule has 3 aromatic carbocycles. The number of hydrogen-bond donors (Lipinski definition) is 4. The third-order valence-corrected chi connectivity index (χ3v) is 12.0. The van der Waals surface area contributed by atoms with E-state index in [2.05, 4.69) is 41.1 Å². The zero-order valence-electron chi connectivity index (χ0n) is 28.9. The number of aliphatic carboxylic acids is 1. The molecular formula is C36H31F2N9O6S3. The summed E-state index contributed by atoms with van der Waals surface area (Å²) in [6.07, 6.45) is 0. The molecule has 1 unspecified atom stereocenters. The molecule has 2 aliphatic heterocycles. The third-order valence-electron chi connectivity index (χ3n) is 8.82. The topological polar surface area (TPSA) is 197 Å². The number of hydrogen-bond acceptors (Lipinski definition) is 14. The molecular weight excluding hydrogens is 789 g/mol. The maximum atomic E-state index is 13.8. The summed E-state index contributed by atoms with van der Waals surface area (Å²) in [4.78, 5) is 49.6. The Kier molecular flexibility index (Phi) is 11.7. The number of aliphatic hydroxyl groups is 1. The molecule has 0 saturated carbocycles. The number of halogens is 2. The molecule has 56 heavy (non-hydrogen) atoms. The minimum absolute atomic E-state index is 0.104. The van der Waals surface area contributed by atoms with Crippen LogP contribution < -0.4 is 10.6 Å². The van der Waals surface area contributed by atoms with Crippen molar-refractivity contribution in [2.24, 2.45) is 5.16 Å². The Labute approximate surface area is 329 Å². The van der Waals surface area contributed by atoms with Crippen molar-refractivity contribution in [1.82, 2.24) is 35.4 Å². The fourth-order valence-electron chi connectivity index (χ4n) is 6.37. The van der Waals surface area contributed by atoms with Gasteiger partial charge in [0.1, 0.15) is 28.3 Å². The molecule has 0 spiro atoms. The van der Waals surface area contributed by atoms with E-state index >= 15 is 0 Å². The van der Waals surface area contributed by atoms with E-state index < -0.39 is 47.1 Å². The van der Waals surface area contributed by atoms with E-state index in [0.29, 0.717) is 15.9 Å². The number of nitrogens with one attached hydrogen (secondary N) is 2. The van der Waals surface area contributed by atoms with Crippen LogP contribution in [0.15, 0.2) is 118 Å². The van der Waals surface area contributed by atoms with E-state index in [1.54, 1.807) is 0 Å². The van der Waals surface area contributed by atoms with E-state index in [1.165, 1.54) is 21.8 Å². The lowest BCUT2D eigenvalue weighted by atomic mass is 9.77. The summed E-state index contributed by atoms with van der Waals surface area (Å²) < 4.78 is 28.0. The van der Waals surface area contributed by atoms with Gasteiger partial charge in [0.15, 0.2) is 10.8 Å². The molecule has 1 saturated heterocycles. The molecule has 288 valence electrons. The zero-order chi connectivity index (χ0) is 39.2. The first kappa shape index (κ1) is 38.6. The first-order valence-electron chi connectivity index (χ1n) is 16.8. The Morgan fingerprint density at radius 3 is 2.21 bits per heavy atom. The van der Waals surface area contributed by atoms with Crippen LogP contribution >= 0.6 is 34.9 Å². The molecule has 15 nitrogen and oxygen atoms in total. The summed E-state index contributed by atoms with van der Waals surface area (Å²) in [6.45, 7) is -3.42. The van der Waals surface area contributed by atoms with Gasteiger partial charge in [-0.3, -0.25) is 14.5 Å². The fraction of sp³-hybridized carbons (Fsp3) is 0.222. The van der Waals surface area contributed by atoms with Crippen LogP contribution in [0.4, 0.5) is 13.9 Å². The number of anilines is 1. The van der Waals surface area contributed by atoms with E-state index in [-0.39, 0.29) is 36.0 Å². The molecule has 5 aromatic rings. The summed E-state index contributed by atoms with van der Waals surface area (Å²) in [5.41, 5.74) is 1.11. The summed E-state index contributed by atoms with van der Waals surface area (Å²) in [5.74, 6) is -2.75. The van der Waals surface area contributed by atoms with E-state index in [4.69, 9.17) is 0 Å². The van der Waals surface area contributed by atoms with Gasteiger partial charge < -0.3 is 25.7 Å². The van der Waals surface area contributed by atoms with Crippen LogP contribution in [0.2, 0.25) is 0 Å². The lowest BCUT2D eigenvalue weighted by molar-refractivity contribution is -0.150. The molecule has 4 N–H and O–H groups in total. The summed E-state index contributed by atoms with van der Waals surface area (Å²) in [7, 11) is 0. The van der Waals surface area contributed by atoms with E-state index in [0.717, 1.165) is 44.7 Å². The predicted molar refractivity (Wildman–Crippen MR) is 204 cm³/mol. The van der Waals surface area contributed by atoms with Gasteiger partial charge in [-0.15, -0.1) is 28.2 Å². The van der Waals surface area contributed by atoms with Gasteiger partial charge in [-0.1, -0.05) is 108 Å². The third kappa shape index (κ3) is 7.72. The van der Waals surface area contributed by atoms with E-state index in [9.17, 15) is 33.4 Å². The van der Waals surface area contributed by atoms with Crippen molar-refractivity contribution in [3.8, 4) is 0 Å². The van der Waals surface area contributed by atoms with Crippen molar-refractivity contribution in [2.75, 3.05) is 23.4 Å². The van der Waals surface area contributed by atoms with Crippen LogP contribution in [-0.2, 0) is 31.3 Å². The van der Waals surface area contributed by atoms with Gasteiger partial charge in [0.05, 0.1) is 13.2 Å². The monoisotopic (exact) mass is 819 g/mol. The van der Waals surface area contributed by atoms with Crippen molar-refractivity contribution in [3.05, 3.63) is 130 Å². The number of tetrazole rings is 1. The van der Waals surface area contributed by atoms with Gasteiger partial charge in [-0.25, -0.2) is 14.5 Å². The number of aromatic nitrogens is 5. The Bertz CT molecular complexity index is 2160. The standard InChI is InChI=1S/C36H31F2N9O6S3/c37-33(38)53-43-26(29(49)40-27-30(50)47-28(32(51)52)21(18-54-31(27)47)19-56-35-42-44-45-46(35)16-17-48)25-20-55-34(39-25)41-36(22-10-4-1-5-11-22,23-12-6-2-7-13-23)24-14-8-3-9-15-24/h1-15,20,27,31,33,48H,16-19H2,(H,39,41)(H,40,49)(H,51,52)/b43-26+/t27?,31-/m1/s1. The minimum atomic E-state index is -3.36. The number of aliphatic hydroxyl groups excluding tert-OH is 1. The van der Waals surface area contributed by atoms with Gasteiger partial charge in [-0.05, 0) is 32.7 Å². The van der Waals surface area contributed by atoms with Gasteiger partial charge in [0.2, 0.25) is 5.16 Å². The van der Waals surface area contributed by atoms with Gasteiger partial charge >= 0.3 is 12.6 Å². The molecule has 4 heterocycles. The molecule has 2 atom stereocenters. The Morgan fingerprint density at radius 1 is 1.02 bits per heavy atom. The molecule has 2 aliphatic rings. The normalized spacial score (nSPS) is 17.0. The number of benzene rings is 3. The average Bonchev–Trinajstić information content (AvgIpc) is 3.88. The van der Waals surface area contributed by atoms with Crippen LogP contribution in [0, 0.1) is 0 Å². The number of nitrogens with zero attached hydrogens (tertiary/aromatic N) is 7. The van der Waals surface area contributed by atoms with Gasteiger partial charge in [0.25, 0.3) is 11.8 Å². The smallest absolute Gasteiger partial charge is 0.407 e. The number of carbonyl (C=O) groups is 3. The molecule has 7 rings (SSSR count). The number of rotatable bonds is 16. The molecule has 0 bridgehead atoms. The second-order valence-corrected chi connectivity index (χ2v) is 15.0. The summed E-state index contributed by atoms with van der Waals surface area (Å²) in [6, 6.07) is 27.8. The highest BCUT2D eigenvalue weighted by Crippen LogP contribution is 2.43. The van der Waals surface area contributed by atoms with Crippen LogP contribution in [0.1, 0.15) is 22.4 Å². The number of oxime groups is 1. The van der Waals surface area contributed by atoms with Crippen LogP contribution in [-0.4, -0.2) is 99.9 Å². The Balaban J connectivity index is 1.14. The molecule has 0 aliphatic carbocycles. The first-order chi connectivity index (χ1) is 27.2. The number of thioether (sulfide) groups is 2. The number of fused-ring (bicyclic) bond motifs is 1. The highest BCUT2D eigenvalue weighted by molar-refractivity contribution is 8.01. The van der Waals surface area contributed by atoms with E-state index in [1.807, 2.05) is 91.0 Å². The SMILES string of the molecule is O=C(O)C1=C(CSc2nnnn2CCO)CS[C@@H]2C(NC(=O)/C(=N/OC(F)F)c3csc(NC(c4ccccc4)(c4ccccc4)c4ccccc4)n3)C(=O)N12. The second-order valence-electron chi connectivity index (χ2n) is 12.1. The van der Waals surface area contributed by atoms with Gasteiger partial charge in [-0.2, -0.15) is 8.78 Å². The van der Waals surface area contributed by atoms with Gasteiger partial charge in [0, 0.05) is 16.9 Å². The van der Waals surface area contributed by atoms with Crippen LogP contribution in [0.25, 0.3) is 0 Å². The highest BCUT2D eigenvalue weighted by atomic mass is 32.2. The number of alkyl halides is 2. The number of amides is 2. The maximum absolute atomic E-state index is 13.8. The number of carboxylic acids is 1. The van der Waals surface area contributed by atoms with Crippen LogP contribution in [0.5, 0.6) is 0 Å². The van der Waals surface area contributed by atoms with Crippen molar-refractivity contribution in [3.63, 3.8) is 0 Å². The first-order valence-corrected chi connectivity index (χ1v) is 19.8.